The first kappa shape index (κ1) is 27.4. The Morgan fingerprint density at radius 1 is 0.925 bits per heavy atom. The Kier molecular flexibility index (Phi) is 9.10. The van der Waals surface area contributed by atoms with E-state index in [1.165, 1.54) is 50.5 Å². The molecule has 0 bridgehead atoms. The van der Waals surface area contributed by atoms with Crippen molar-refractivity contribution >= 4 is 22.9 Å². The van der Waals surface area contributed by atoms with E-state index in [1.54, 1.807) is 0 Å². The Morgan fingerprint density at radius 2 is 1.70 bits per heavy atom. The molecule has 40 heavy (non-hydrogen) atoms. The number of piperidine rings is 1. The van der Waals surface area contributed by atoms with E-state index in [2.05, 4.69) is 44.6 Å². The van der Waals surface area contributed by atoms with E-state index >= 15 is 0 Å². The lowest BCUT2D eigenvalue weighted by Crippen LogP contribution is -2.38. The predicted octanol–water partition coefficient (Wildman–Crippen LogP) is 5.66. The molecule has 0 atom stereocenters. The highest BCUT2D eigenvalue weighted by atomic mass is 16.5. The summed E-state index contributed by atoms with van der Waals surface area (Å²) in [5.74, 6) is 2.28. The number of benzene rings is 1. The minimum Gasteiger partial charge on any atom is -0.377 e. The normalized spacial score (nSPS) is 23.1. The second-order valence-electron chi connectivity index (χ2n) is 12.1. The number of hydrogen-bond acceptors (Lipinski definition) is 8. The van der Waals surface area contributed by atoms with Crippen molar-refractivity contribution in [2.75, 3.05) is 30.4 Å². The van der Waals surface area contributed by atoms with Crippen LogP contribution in [0.2, 0.25) is 0 Å². The molecule has 0 spiro atoms. The van der Waals surface area contributed by atoms with Crippen LogP contribution in [-0.2, 0) is 11.3 Å². The van der Waals surface area contributed by atoms with Crippen LogP contribution in [-0.4, -0.2) is 56.3 Å². The average Bonchev–Trinajstić information content (AvgIpc) is 3.66. The van der Waals surface area contributed by atoms with Crippen molar-refractivity contribution in [1.29, 1.82) is 0 Å². The van der Waals surface area contributed by atoms with Crippen molar-refractivity contribution in [2.24, 2.45) is 11.7 Å². The first-order chi connectivity index (χ1) is 19.7. The van der Waals surface area contributed by atoms with Crippen molar-refractivity contribution in [2.45, 2.75) is 102 Å². The van der Waals surface area contributed by atoms with Gasteiger partial charge in [-0.05, 0) is 75.7 Å². The van der Waals surface area contributed by atoms with Gasteiger partial charge in [-0.15, -0.1) is 0 Å². The Hall–Kier alpha value is -2.75. The number of nitrogens with one attached hydrogen (secondary N) is 2. The number of ether oxygens (including phenoxy) is 1. The second-order valence-corrected chi connectivity index (χ2v) is 12.1. The van der Waals surface area contributed by atoms with Gasteiger partial charge >= 0.3 is 0 Å². The van der Waals surface area contributed by atoms with Crippen LogP contribution < -0.4 is 16.5 Å². The largest absolute Gasteiger partial charge is 0.377 e. The van der Waals surface area contributed by atoms with Crippen molar-refractivity contribution in [3.05, 3.63) is 42.2 Å². The first-order valence-electron chi connectivity index (χ1n) is 15.6. The quantitative estimate of drug-likeness (QED) is 0.265. The third-order valence-electron chi connectivity index (χ3n) is 9.14. The predicted molar refractivity (Wildman–Crippen MR) is 160 cm³/mol. The fraction of sp³-hybridized carbons (Fsp3) is 0.645. The summed E-state index contributed by atoms with van der Waals surface area (Å²) in [5, 5.41) is 5.96. The Morgan fingerprint density at radius 3 is 2.48 bits per heavy atom. The molecule has 6 rings (SSSR count). The highest BCUT2D eigenvalue weighted by Crippen LogP contribution is 2.34. The number of nitrogens with two attached hydrogens (primary N) is 1. The van der Waals surface area contributed by atoms with Crippen molar-refractivity contribution in [3.8, 4) is 0 Å². The minimum absolute atomic E-state index is 0.326. The summed E-state index contributed by atoms with van der Waals surface area (Å²) in [6.45, 7) is 3.55. The number of anilines is 2. The summed E-state index contributed by atoms with van der Waals surface area (Å²) in [6, 6.07) is 11.6. The number of hydrazine groups is 1. The third kappa shape index (κ3) is 6.93. The summed E-state index contributed by atoms with van der Waals surface area (Å²) in [7, 11) is 0. The molecule has 9 heteroatoms. The van der Waals surface area contributed by atoms with Crippen molar-refractivity contribution < 1.29 is 4.74 Å². The zero-order chi connectivity index (χ0) is 27.1. The molecule has 3 aromatic rings. The van der Waals surface area contributed by atoms with Crippen LogP contribution in [0, 0.1) is 5.92 Å². The summed E-state index contributed by atoms with van der Waals surface area (Å²) in [5.41, 5.74) is 12.9. The lowest BCUT2D eigenvalue weighted by Gasteiger charge is -2.32. The van der Waals surface area contributed by atoms with Crippen LogP contribution in [0.1, 0.15) is 88.7 Å². The van der Waals surface area contributed by atoms with E-state index in [0.717, 1.165) is 74.7 Å². The van der Waals surface area contributed by atoms with Crippen LogP contribution in [0.4, 0.5) is 11.8 Å². The van der Waals surface area contributed by atoms with Crippen LogP contribution in [0.15, 0.2) is 36.7 Å². The van der Waals surface area contributed by atoms with E-state index in [0.29, 0.717) is 30.7 Å². The molecule has 1 saturated heterocycles. The molecule has 3 heterocycles. The maximum Gasteiger partial charge on any atom is 0.227 e. The molecule has 216 valence electrons. The van der Waals surface area contributed by atoms with Gasteiger partial charge in [-0.2, -0.15) is 9.97 Å². The number of rotatable bonds is 11. The summed E-state index contributed by atoms with van der Waals surface area (Å²) in [4.78, 5) is 14.8. The Labute approximate surface area is 238 Å². The molecule has 4 N–H and O–H groups in total. The maximum absolute atomic E-state index is 6.15. The molecule has 2 saturated carbocycles. The van der Waals surface area contributed by atoms with E-state index in [1.807, 2.05) is 12.4 Å². The topological polar surface area (TPSA) is 106 Å². The zero-order valence-electron chi connectivity index (χ0n) is 23.8. The molecule has 0 amide bonds. The van der Waals surface area contributed by atoms with Crippen molar-refractivity contribution in [3.63, 3.8) is 0 Å². The lowest BCUT2D eigenvalue weighted by molar-refractivity contribution is 0.109. The highest BCUT2D eigenvalue weighted by molar-refractivity contribution is 5.84. The molecule has 9 nitrogen and oxygen atoms in total. The molecule has 0 radical (unpaired) electrons. The number of aromatic nitrogens is 4. The van der Waals surface area contributed by atoms with Gasteiger partial charge in [0.1, 0.15) is 0 Å². The van der Waals surface area contributed by atoms with Gasteiger partial charge < -0.3 is 25.8 Å². The molecule has 0 unspecified atom stereocenters. The first-order valence-corrected chi connectivity index (χ1v) is 15.6. The van der Waals surface area contributed by atoms with Gasteiger partial charge in [-0.1, -0.05) is 43.2 Å². The van der Waals surface area contributed by atoms with Gasteiger partial charge in [0.2, 0.25) is 5.95 Å². The standard InChI is InChI=1S/C31H46N8O/c32-25-12-14-26(15-13-25)34-31-35-29(28-30(36-31)39(22-33-28)27-10-4-5-11-27)37-38-18-16-23(17-19-38)9-6-20-40-21-24-7-2-1-3-8-24/h1-3,7-8,22-23,25-27H,4-6,9-21,32H2,(H2,34,35,36,37). The van der Waals surface area contributed by atoms with E-state index in [4.69, 9.17) is 25.4 Å². The van der Waals surface area contributed by atoms with Crippen LogP contribution in [0.25, 0.3) is 11.2 Å². The minimum atomic E-state index is 0.326. The number of imidazole rings is 1. The molecule has 3 fully saturated rings. The van der Waals surface area contributed by atoms with Crippen molar-refractivity contribution in [1.82, 2.24) is 24.5 Å². The van der Waals surface area contributed by atoms with Gasteiger partial charge in [-0.25, -0.2) is 9.99 Å². The molecule has 2 aliphatic carbocycles. The maximum atomic E-state index is 6.15. The van der Waals surface area contributed by atoms with Crippen LogP contribution >= 0.6 is 0 Å². The second kappa shape index (κ2) is 13.3. The molecular formula is C31H46N8O. The summed E-state index contributed by atoms with van der Waals surface area (Å²) in [6.07, 6.45) is 15.9. The van der Waals surface area contributed by atoms with Crippen LogP contribution in [0.5, 0.6) is 0 Å². The molecular weight excluding hydrogens is 500 g/mol. The van der Waals surface area contributed by atoms with E-state index in [9.17, 15) is 0 Å². The van der Waals surface area contributed by atoms with Gasteiger partial charge in [0, 0.05) is 37.8 Å². The fourth-order valence-electron chi connectivity index (χ4n) is 6.68. The highest BCUT2D eigenvalue weighted by Gasteiger charge is 2.25. The Balaban J connectivity index is 1.05. The zero-order valence-corrected chi connectivity index (χ0v) is 23.8. The number of fused-ring (bicyclic) bond motifs is 1. The van der Waals surface area contributed by atoms with E-state index < -0.39 is 0 Å². The Bertz CT molecular complexity index is 1190. The molecule has 3 aliphatic rings. The van der Waals surface area contributed by atoms with Gasteiger partial charge in [0.05, 0.1) is 12.9 Å². The molecule has 2 aromatic heterocycles. The molecule has 1 aliphatic heterocycles. The van der Waals surface area contributed by atoms with Crippen LogP contribution in [0.3, 0.4) is 0 Å². The third-order valence-corrected chi connectivity index (χ3v) is 9.14. The average molecular weight is 547 g/mol. The van der Waals surface area contributed by atoms with Gasteiger partial charge in [-0.3, -0.25) is 0 Å². The SMILES string of the molecule is NC1CCC(Nc2nc(NN3CCC(CCCOCc4ccccc4)CC3)c3ncn(C4CCCC4)c3n2)CC1. The molecule has 1 aromatic carbocycles. The summed E-state index contributed by atoms with van der Waals surface area (Å²) < 4.78 is 8.20. The monoisotopic (exact) mass is 546 g/mol. The smallest absolute Gasteiger partial charge is 0.227 e. The fourth-order valence-corrected chi connectivity index (χ4v) is 6.68. The van der Waals surface area contributed by atoms with Gasteiger partial charge in [0.25, 0.3) is 0 Å². The van der Waals surface area contributed by atoms with E-state index in [-0.39, 0.29) is 0 Å². The van der Waals surface area contributed by atoms with Gasteiger partial charge in [0.15, 0.2) is 17.0 Å². The summed E-state index contributed by atoms with van der Waals surface area (Å²) >= 11 is 0. The lowest BCUT2D eigenvalue weighted by atomic mass is 9.92. The number of hydrogen-bond donors (Lipinski definition) is 3. The number of nitrogens with zero attached hydrogens (tertiary/aromatic N) is 5.